The summed E-state index contributed by atoms with van der Waals surface area (Å²) in [5.41, 5.74) is 10.1. The van der Waals surface area contributed by atoms with E-state index < -0.39 is 0 Å². The van der Waals surface area contributed by atoms with E-state index >= 15 is 0 Å². The van der Waals surface area contributed by atoms with E-state index in [-0.39, 0.29) is 17.4 Å². The zero-order valence-corrected chi connectivity index (χ0v) is 22.0. The Labute approximate surface area is 222 Å². The standard InChI is InChI=1S/C26H26N8O3S/c1-14-4-5-20(35)15(2)22(14)37-24-21-17(10-19(30-24)16-11-29-33(3)13-16)18(12-28-23(21)27)25-31-32-26(38-25)34-6-8-36-9-7-34/h4-5,10-13,35H,6-9H2,1-3H3,(H2,27,28). The fraction of sp³-hybridized carbons (Fsp3) is 0.269. The van der Waals surface area contributed by atoms with E-state index in [1.165, 1.54) is 11.3 Å². The lowest BCUT2D eigenvalue weighted by molar-refractivity contribution is 0.122. The molecule has 5 heterocycles. The summed E-state index contributed by atoms with van der Waals surface area (Å²) >= 11 is 1.49. The van der Waals surface area contributed by atoms with Crippen LogP contribution in [0.2, 0.25) is 0 Å². The van der Waals surface area contributed by atoms with Gasteiger partial charge in [-0.05, 0) is 31.5 Å². The minimum absolute atomic E-state index is 0.134. The maximum absolute atomic E-state index is 10.3. The average molecular weight is 531 g/mol. The number of aromatic hydroxyl groups is 1. The lowest BCUT2D eigenvalue weighted by Gasteiger charge is -2.25. The Morgan fingerprint density at radius 3 is 2.71 bits per heavy atom. The molecule has 6 rings (SSSR count). The molecular weight excluding hydrogens is 504 g/mol. The van der Waals surface area contributed by atoms with Gasteiger partial charge in [0.1, 0.15) is 17.3 Å². The molecule has 1 aliphatic heterocycles. The quantitative estimate of drug-likeness (QED) is 0.342. The van der Waals surface area contributed by atoms with Crippen molar-refractivity contribution in [1.82, 2.24) is 29.9 Å². The number of pyridine rings is 2. The molecule has 1 fully saturated rings. The number of nitrogens with zero attached hydrogens (tertiary/aromatic N) is 7. The van der Waals surface area contributed by atoms with Crippen LogP contribution in [0.5, 0.6) is 17.4 Å². The largest absolute Gasteiger partial charge is 0.508 e. The van der Waals surface area contributed by atoms with Crippen molar-refractivity contribution >= 4 is 33.1 Å². The van der Waals surface area contributed by atoms with Gasteiger partial charge in [0.15, 0.2) is 5.01 Å². The van der Waals surface area contributed by atoms with Gasteiger partial charge >= 0.3 is 0 Å². The predicted octanol–water partition coefficient (Wildman–Crippen LogP) is 4.08. The van der Waals surface area contributed by atoms with Gasteiger partial charge in [-0.3, -0.25) is 4.68 Å². The van der Waals surface area contributed by atoms with E-state index in [1.807, 2.05) is 26.2 Å². The number of aromatic nitrogens is 6. The van der Waals surface area contributed by atoms with Crippen LogP contribution in [-0.2, 0) is 11.8 Å². The lowest BCUT2D eigenvalue weighted by atomic mass is 10.1. The molecule has 0 bridgehead atoms. The van der Waals surface area contributed by atoms with E-state index in [9.17, 15) is 5.11 Å². The number of benzene rings is 1. The highest BCUT2D eigenvalue weighted by molar-refractivity contribution is 7.18. The minimum Gasteiger partial charge on any atom is -0.508 e. The molecule has 3 N–H and O–H groups in total. The highest BCUT2D eigenvalue weighted by Crippen LogP contribution is 2.42. The van der Waals surface area contributed by atoms with Gasteiger partial charge in [-0.25, -0.2) is 9.97 Å². The van der Waals surface area contributed by atoms with E-state index in [0.717, 1.165) is 40.3 Å². The second-order valence-electron chi connectivity index (χ2n) is 9.14. The smallest absolute Gasteiger partial charge is 0.231 e. The Kier molecular flexibility index (Phi) is 6.04. The number of morpholine rings is 1. The molecule has 1 aliphatic rings. The molecule has 0 aliphatic carbocycles. The van der Waals surface area contributed by atoms with Crippen molar-refractivity contribution < 1.29 is 14.6 Å². The van der Waals surface area contributed by atoms with Gasteiger partial charge in [-0.15, -0.1) is 10.2 Å². The maximum atomic E-state index is 10.3. The molecule has 0 saturated carbocycles. The van der Waals surface area contributed by atoms with Gasteiger partial charge in [0.05, 0.1) is 30.5 Å². The Balaban J connectivity index is 1.55. The molecule has 38 heavy (non-hydrogen) atoms. The molecule has 5 aromatic rings. The van der Waals surface area contributed by atoms with E-state index in [4.69, 9.17) is 20.2 Å². The van der Waals surface area contributed by atoms with Crippen molar-refractivity contribution in [3.63, 3.8) is 0 Å². The molecule has 0 radical (unpaired) electrons. The SMILES string of the molecule is Cc1ccc(O)c(C)c1Oc1nc(-c2cnn(C)c2)cc2c(-c3nnc(N4CCOCC4)s3)cnc(N)c12. The third-order valence-corrected chi connectivity index (χ3v) is 7.58. The molecule has 0 amide bonds. The third-order valence-electron chi connectivity index (χ3n) is 6.57. The first-order valence-electron chi connectivity index (χ1n) is 12.1. The summed E-state index contributed by atoms with van der Waals surface area (Å²) < 4.78 is 13.6. The molecule has 1 aromatic carbocycles. The monoisotopic (exact) mass is 530 g/mol. The second kappa shape index (κ2) is 9.54. The summed E-state index contributed by atoms with van der Waals surface area (Å²) in [6.45, 7) is 6.57. The van der Waals surface area contributed by atoms with Gasteiger partial charge in [0.25, 0.3) is 0 Å². The predicted molar refractivity (Wildman–Crippen MR) is 146 cm³/mol. The van der Waals surface area contributed by atoms with Crippen LogP contribution >= 0.6 is 11.3 Å². The molecule has 11 nitrogen and oxygen atoms in total. The van der Waals surface area contributed by atoms with Crippen LogP contribution < -0.4 is 15.4 Å². The first kappa shape index (κ1) is 24.1. The Bertz CT molecular complexity index is 1660. The Morgan fingerprint density at radius 2 is 1.95 bits per heavy atom. The number of anilines is 2. The van der Waals surface area contributed by atoms with Crippen LogP contribution in [-0.4, -0.2) is 61.4 Å². The average Bonchev–Trinajstić information content (AvgIpc) is 3.59. The molecule has 0 atom stereocenters. The first-order valence-corrected chi connectivity index (χ1v) is 12.9. The number of rotatable bonds is 5. The number of phenolic OH excluding ortho intramolecular Hbond substituents is 1. The molecule has 1 saturated heterocycles. The van der Waals surface area contributed by atoms with Crippen LogP contribution in [0.1, 0.15) is 11.1 Å². The number of fused-ring (bicyclic) bond motifs is 1. The maximum Gasteiger partial charge on any atom is 0.231 e. The number of hydrogen-bond acceptors (Lipinski definition) is 11. The Morgan fingerprint density at radius 1 is 1.13 bits per heavy atom. The number of hydrogen-bond donors (Lipinski definition) is 2. The van der Waals surface area contributed by atoms with Gasteiger partial charge in [0.2, 0.25) is 11.0 Å². The lowest BCUT2D eigenvalue weighted by Crippen LogP contribution is -2.36. The molecule has 12 heteroatoms. The van der Waals surface area contributed by atoms with Crippen molar-refractivity contribution in [3.05, 3.63) is 47.9 Å². The van der Waals surface area contributed by atoms with Crippen molar-refractivity contribution in [2.45, 2.75) is 13.8 Å². The van der Waals surface area contributed by atoms with Gasteiger partial charge in [-0.2, -0.15) is 5.10 Å². The number of phenols is 1. The highest BCUT2D eigenvalue weighted by Gasteiger charge is 2.22. The minimum atomic E-state index is 0.134. The van der Waals surface area contributed by atoms with E-state index in [0.29, 0.717) is 40.6 Å². The fourth-order valence-electron chi connectivity index (χ4n) is 4.47. The molecule has 0 spiro atoms. The zero-order valence-electron chi connectivity index (χ0n) is 21.2. The van der Waals surface area contributed by atoms with Gasteiger partial charge < -0.3 is 25.2 Å². The molecule has 0 unspecified atom stereocenters. The van der Waals surface area contributed by atoms with E-state index in [1.54, 1.807) is 36.1 Å². The molecular formula is C26H26N8O3S. The fourth-order valence-corrected chi connectivity index (χ4v) is 5.39. The third kappa shape index (κ3) is 4.27. The van der Waals surface area contributed by atoms with Crippen molar-refractivity contribution in [2.75, 3.05) is 36.9 Å². The zero-order chi connectivity index (χ0) is 26.4. The van der Waals surface area contributed by atoms with Crippen molar-refractivity contribution in [1.29, 1.82) is 0 Å². The second-order valence-corrected chi connectivity index (χ2v) is 10.1. The number of aryl methyl sites for hydroxylation is 2. The summed E-state index contributed by atoms with van der Waals surface area (Å²) in [6.07, 6.45) is 5.34. The highest BCUT2D eigenvalue weighted by atomic mass is 32.1. The van der Waals surface area contributed by atoms with Crippen LogP contribution in [0, 0.1) is 13.8 Å². The topological polar surface area (TPSA) is 137 Å². The van der Waals surface area contributed by atoms with Crippen molar-refractivity contribution in [2.24, 2.45) is 7.05 Å². The Hall–Kier alpha value is -4.29. The van der Waals surface area contributed by atoms with Crippen LogP contribution in [0.25, 0.3) is 32.6 Å². The summed E-state index contributed by atoms with van der Waals surface area (Å²) in [4.78, 5) is 11.5. The number of nitrogen functional groups attached to an aromatic ring is 1. The number of ether oxygens (including phenoxy) is 2. The number of nitrogens with two attached hydrogens (primary N) is 1. The molecule has 4 aromatic heterocycles. The van der Waals surface area contributed by atoms with Gasteiger partial charge in [-0.1, -0.05) is 17.4 Å². The van der Waals surface area contributed by atoms with Crippen LogP contribution in [0.3, 0.4) is 0 Å². The summed E-state index contributed by atoms with van der Waals surface area (Å²) in [7, 11) is 1.85. The van der Waals surface area contributed by atoms with Crippen LogP contribution in [0.15, 0.2) is 36.8 Å². The summed E-state index contributed by atoms with van der Waals surface area (Å²) in [5.74, 6) is 1.20. The van der Waals surface area contributed by atoms with Gasteiger partial charge in [0, 0.05) is 54.6 Å². The summed E-state index contributed by atoms with van der Waals surface area (Å²) in [5, 5.41) is 26.5. The molecule has 194 valence electrons. The van der Waals surface area contributed by atoms with Crippen molar-refractivity contribution in [3.8, 4) is 39.2 Å². The van der Waals surface area contributed by atoms with E-state index in [2.05, 4.69) is 25.2 Å². The summed E-state index contributed by atoms with van der Waals surface area (Å²) in [6, 6.07) is 5.39. The normalized spacial score (nSPS) is 13.8. The first-order chi connectivity index (χ1) is 18.4. The van der Waals surface area contributed by atoms with Crippen LogP contribution in [0.4, 0.5) is 10.9 Å².